The normalized spacial score (nSPS) is 55.4. The molecular formula is C36H57Br3O27. The Hall–Kier alpha value is 0.360. The van der Waals surface area contributed by atoms with Gasteiger partial charge >= 0.3 is 0 Å². The maximum atomic E-state index is 11.3. The molecular weight excluding hydrogens is 1100 g/mol. The molecule has 0 unspecified atom stereocenters. The van der Waals surface area contributed by atoms with E-state index in [1.54, 1.807) is 0 Å². The van der Waals surface area contributed by atoms with Crippen LogP contribution in [0.3, 0.4) is 0 Å². The van der Waals surface area contributed by atoms with E-state index in [1.165, 1.54) is 0 Å². The summed E-state index contributed by atoms with van der Waals surface area (Å²) in [7, 11) is 0. The van der Waals surface area contributed by atoms with Gasteiger partial charge in [0.2, 0.25) is 0 Å². The monoisotopic (exact) mass is 1160 g/mol. The molecule has 384 valence electrons. The van der Waals surface area contributed by atoms with Crippen molar-refractivity contribution in [3.63, 3.8) is 0 Å². The van der Waals surface area contributed by atoms with Crippen molar-refractivity contribution >= 4 is 47.8 Å². The van der Waals surface area contributed by atoms with Crippen molar-refractivity contribution in [2.45, 2.75) is 184 Å². The van der Waals surface area contributed by atoms with Crippen LogP contribution < -0.4 is 0 Å². The molecule has 22 rings (SSSR count). The lowest BCUT2D eigenvalue weighted by molar-refractivity contribution is -0.400. The van der Waals surface area contributed by atoms with Crippen molar-refractivity contribution in [2.24, 2.45) is 0 Å². The first-order valence-electron chi connectivity index (χ1n) is 21.0. The molecule has 27 nitrogen and oxygen atoms in total. The Kier molecular flexibility index (Phi) is 18.9. The molecule has 0 radical (unpaired) electrons. The first-order valence-corrected chi connectivity index (χ1v) is 24.3. The summed E-state index contributed by atoms with van der Waals surface area (Å²) in [6, 6.07) is 0. The summed E-state index contributed by atoms with van der Waals surface area (Å²) in [6.45, 7) is -2.73. The zero-order chi connectivity index (χ0) is 48.0. The average molecular weight is 1160 g/mol. The van der Waals surface area contributed by atoms with Crippen LogP contribution in [0.2, 0.25) is 0 Å². The number of alkyl halides is 3. The van der Waals surface area contributed by atoms with E-state index in [0.717, 1.165) is 0 Å². The Morgan fingerprint density at radius 3 is 0.530 bits per heavy atom. The number of hydrogen-bond acceptors (Lipinski definition) is 27. The third-order valence-corrected chi connectivity index (χ3v) is 14.5. The lowest BCUT2D eigenvalue weighted by Gasteiger charge is -2.50. The zero-order valence-corrected chi connectivity index (χ0v) is 39.1. The molecule has 12 bridgehead atoms. The summed E-state index contributed by atoms with van der Waals surface area (Å²) >= 11 is 9.66. The highest BCUT2D eigenvalue weighted by atomic mass is 79.9. The summed E-state index contributed by atoms with van der Waals surface area (Å²) in [5.74, 6) is 0. The van der Waals surface area contributed by atoms with E-state index in [0.29, 0.717) is 0 Å². The molecule has 22 saturated heterocycles. The summed E-state index contributed by atoms with van der Waals surface area (Å²) in [5.41, 5.74) is 0. The van der Waals surface area contributed by atoms with Gasteiger partial charge < -0.3 is 133 Å². The highest BCUT2D eigenvalue weighted by Gasteiger charge is 2.58. The topological polar surface area (TPSA) is 414 Å². The number of hydrogen-bond donors (Lipinski definition) is 15. The van der Waals surface area contributed by atoms with Crippen LogP contribution >= 0.6 is 47.8 Å². The van der Waals surface area contributed by atoms with E-state index in [2.05, 4.69) is 47.8 Å². The molecule has 0 aliphatic carbocycles. The summed E-state index contributed by atoms with van der Waals surface area (Å²) in [6.07, 6.45) is -53.4. The fourth-order valence-corrected chi connectivity index (χ4v) is 10.4. The Morgan fingerprint density at radius 2 is 0.379 bits per heavy atom. The molecule has 30 atom stereocenters. The van der Waals surface area contributed by atoms with E-state index >= 15 is 0 Å². The highest BCUT2D eigenvalue weighted by molar-refractivity contribution is 9.09. The first kappa shape index (κ1) is 54.1. The third kappa shape index (κ3) is 10.6. The Balaban J connectivity index is 1.19. The van der Waals surface area contributed by atoms with Crippen molar-refractivity contribution < 1.29 is 133 Å². The Bertz CT molecular complexity index is 1250. The fraction of sp³-hybridized carbons (Fsp3) is 1.00. The fourth-order valence-electron chi connectivity index (χ4n) is 8.86. The molecule has 22 aliphatic heterocycles. The van der Waals surface area contributed by atoms with Crippen LogP contribution in [0.5, 0.6) is 0 Å². The van der Waals surface area contributed by atoms with Gasteiger partial charge in [-0.2, -0.15) is 0 Å². The minimum absolute atomic E-state index is 0.153. The van der Waals surface area contributed by atoms with Gasteiger partial charge in [0.25, 0.3) is 0 Å². The van der Waals surface area contributed by atoms with Crippen molar-refractivity contribution in [1.29, 1.82) is 0 Å². The molecule has 0 saturated carbocycles. The van der Waals surface area contributed by atoms with Crippen molar-refractivity contribution in [2.75, 3.05) is 35.8 Å². The number of aliphatic hydroxyl groups is 15. The summed E-state index contributed by atoms with van der Waals surface area (Å²) in [4.78, 5) is 0. The number of ether oxygens (including phenoxy) is 12. The first-order chi connectivity index (χ1) is 31.4. The molecule has 22 fully saturated rings. The van der Waals surface area contributed by atoms with E-state index in [9.17, 15) is 76.6 Å². The van der Waals surface area contributed by atoms with Gasteiger partial charge in [-0.25, -0.2) is 0 Å². The second-order valence-corrected chi connectivity index (χ2v) is 18.7. The van der Waals surface area contributed by atoms with E-state index in [1.807, 2.05) is 0 Å². The SMILES string of the molecule is OC[C@H]1O[C@@H]2O[C@H]3[C@H](O)[C@@H](O)[C@@H](O[C@H]4[C@H](O)[C@@H](O)[C@@H](O[C@H]5[C@H](O)[C@@H](O)[C@@H](O[C@H]6[C@H](O)[C@@H](O)[C@@H](O[C@H]7[C@H](O)[C@@H](O)[C@@H](O[C@H]1[C@H](O)[C@H]2O)O[C@@H]7CBr)O[C@@H]6CO)O[C@@H]5CBr)O[C@@H]4CO)O[C@@H]3CBr. The molecule has 0 spiro atoms. The minimum atomic E-state index is -2.03. The van der Waals surface area contributed by atoms with Gasteiger partial charge in [-0.3, -0.25) is 0 Å². The third-order valence-electron chi connectivity index (χ3n) is 12.6. The second-order valence-electron chi connectivity index (χ2n) is 16.8. The molecule has 0 aromatic carbocycles. The van der Waals surface area contributed by atoms with E-state index in [4.69, 9.17) is 56.8 Å². The molecule has 15 N–H and O–H groups in total. The standard InChI is InChI=1S/C36H57Br3O27/c37-1-7-25-13(43)19(49)31(55-7)64-28-10(4-40)59-35(23(53)17(28)47)62-26-8(2-38)57-33(21(51)15(26)45)66-30-12(6-42)60-36(24(54)18(30)48)63-27-9(3-39)56-32(20(50)14(27)44)65-29-11(5-41)58-34(61-25)22(52)16(29)46/h7-36,40-54H,1-6H2/t7-,8-,9-,10-,11-,12-,13-,14-,15-,16-,17-,18-,19-,20-,21-,22-,23-,24-,25-,26-,27-,28-,29-,30-,31-,32-,33-,34-,35-,36-/m1/s1. The van der Waals surface area contributed by atoms with Crippen molar-refractivity contribution in [3.05, 3.63) is 0 Å². The van der Waals surface area contributed by atoms with Crippen LogP contribution in [0, 0.1) is 0 Å². The molecule has 0 aromatic heterocycles. The predicted molar refractivity (Wildman–Crippen MR) is 216 cm³/mol. The maximum Gasteiger partial charge on any atom is 0.187 e. The van der Waals surface area contributed by atoms with Crippen LogP contribution in [0.15, 0.2) is 0 Å². The van der Waals surface area contributed by atoms with Crippen molar-refractivity contribution in [3.8, 4) is 0 Å². The van der Waals surface area contributed by atoms with Crippen molar-refractivity contribution in [1.82, 2.24) is 0 Å². The maximum absolute atomic E-state index is 11.3. The molecule has 22 aliphatic rings. The highest BCUT2D eigenvalue weighted by Crippen LogP contribution is 2.38. The van der Waals surface area contributed by atoms with Crippen LogP contribution in [0.25, 0.3) is 0 Å². The quantitative estimate of drug-likeness (QED) is 0.110. The molecule has 30 heteroatoms. The predicted octanol–water partition coefficient (Wildman–Crippen LogP) is -8.85. The number of rotatable bonds is 6. The van der Waals surface area contributed by atoms with Crippen LogP contribution in [-0.2, 0) is 56.8 Å². The van der Waals surface area contributed by atoms with Gasteiger partial charge in [0.05, 0.1) is 38.1 Å². The van der Waals surface area contributed by atoms with E-state index < -0.39 is 204 Å². The largest absolute Gasteiger partial charge is 0.394 e. The van der Waals surface area contributed by atoms with Gasteiger partial charge in [-0.15, -0.1) is 0 Å². The molecule has 0 amide bonds. The lowest BCUT2D eigenvalue weighted by atomic mass is 9.95. The van der Waals surface area contributed by atoms with Crippen LogP contribution in [-0.4, -0.2) is 297 Å². The number of halogens is 3. The van der Waals surface area contributed by atoms with Crippen LogP contribution in [0.1, 0.15) is 0 Å². The average Bonchev–Trinajstić information content (AvgIpc) is 3.31. The van der Waals surface area contributed by atoms with E-state index in [-0.39, 0.29) is 16.0 Å². The molecule has 0 aromatic rings. The molecule has 66 heavy (non-hydrogen) atoms. The zero-order valence-electron chi connectivity index (χ0n) is 34.3. The van der Waals surface area contributed by atoms with Gasteiger partial charge in [0, 0.05) is 16.0 Å². The summed E-state index contributed by atoms with van der Waals surface area (Å²) < 4.78 is 69.9. The second kappa shape index (κ2) is 23.1. The lowest BCUT2D eigenvalue weighted by Crippen LogP contribution is -2.69. The van der Waals surface area contributed by atoms with Gasteiger partial charge in [-0.05, 0) is 0 Å². The van der Waals surface area contributed by atoms with Gasteiger partial charge in [0.15, 0.2) is 37.7 Å². The Morgan fingerprint density at radius 1 is 0.227 bits per heavy atom. The Labute approximate surface area is 399 Å². The molecule has 22 heterocycles. The minimum Gasteiger partial charge on any atom is -0.394 e. The summed E-state index contributed by atoms with van der Waals surface area (Å²) in [5, 5.41) is 166. The van der Waals surface area contributed by atoms with Crippen LogP contribution in [0.4, 0.5) is 0 Å². The van der Waals surface area contributed by atoms with Gasteiger partial charge in [0.1, 0.15) is 128 Å². The smallest absolute Gasteiger partial charge is 0.187 e. The van der Waals surface area contributed by atoms with Gasteiger partial charge in [-0.1, -0.05) is 47.8 Å². The number of aliphatic hydroxyl groups excluding tert-OH is 15.